The standard InChI is InChI=1S/C14H20N2O3S/c1-4-6-16(7-5-2)14(17)12-8-11(3)9-13(10-12)20(15,18)19/h4,8-10H,1,5-7H2,2-3H3,(H2,15,18,19). The zero-order valence-electron chi connectivity index (χ0n) is 11.8. The van der Waals surface area contributed by atoms with Crippen molar-refractivity contribution in [3.8, 4) is 0 Å². The van der Waals surface area contributed by atoms with E-state index in [1.54, 1.807) is 24.0 Å². The highest BCUT2D eigenvalue weighted by Crippen LogP contribution is 2.15. The van der Waals surface area contributed by atoms with Crippen LogP contribution in [-0.2, 0) is 10.0 Å². The van der Waals surface area contributed by atoms with Crippen molar-refractivity contribution in [2.75, 3.05) is 13.1 Å². The van der Waals surface area contributed by atoms with Crippen molar-refractivity contribution in [3.63, 3.8) is 0 Å². The van der Waals surface area contributed by atoms with Gasteiger partial charge in [-0.05, 0) is 37.1 Å². The first kappa shape index (κ1) is 16.4. The smallest absolute Gasteiger partial charge is 0.254 e. The first-order chi connectivity index (χ1) is 9.29. The lowest BCUT2D eigenvalue weighted by molar-refractivity contribution is 0.0773. The Morgan fingerprint density at radius 2 is 2.05 bits per heavy atom. The third-order valence-electron chi connectivity index (χ3n) is 2.76. The highest BCUT2D eigenvalue weighted by molar-refractivity contribution is 7.89. The third kappa shape index (κ3) is 4.18. The van der Waals surface area contributed by atoms with Gasteiger partial charge in [-0.3, -0.25) is 4.79 Å². The molecule has 0 saturated carbocycles. The summed E-state index contributed by atoms with van der Waals surface area (Å²) in [5, 5.41) is 5.12. The summed E-state index contributed by atoms with van der Waals surface area (Å²) in [6, 6.07) is 4.42. The Morgan fingerprint density at radius 1 is 1.40 bits per heavy atom. The number of benzene rings is 1. The molecule has 1 amide bonds. The van der Waals surface area contributed by atoms with E-state index in [2.05, 4.69) is 6.58 Å². The van der Waals surface area contributed by atoms with Crippen molar-refractivity contribution < 1.29 is 13.2 Å². The summed E-state index contributed by atoms with van der Waals surface area (Å²) in [4.78, 5) is 14.0. The number of rotatable bonds is 6. The molecule has 1 aromatic carbocycles. The summed E-state index contributed by atoms with van der Waals surface area (Å²) in [7, 11) is -3.82. The van der Waals surface area contributed by atoms with Gasteiger partial charge in [-0.1, -0.05) is 13.0 Å². The van der Waals surface area contributed by atoms with Crippen molar-refractivity contribution in [1.29, 1.82) is 0 Å². The van der Waals surface area contributed by atoms with E-state index in [1.807, 2.05) is 6.92 Å². The first-order valence-electron chi connectivity index (χ1n) is 6.34. The molecule has 0 heterocycles. The average molecular weight is 296 g/mol. The molecular weight excluding hydrogens is 276 g/mol. The second-order valence-corrected chi connectivity index (χ2v) is 6.18. The van der Waals surface area contributed by atoms with Gasteiger partial charge in [0, 0.05) is 18.7 Å². The SMILES string of the molecule is C=CCN(CCC)C(=O)c1cc(C)cc(S(N)(=O)=O)c1. The van der Waals surface area contributed by atoms with Crippen LogP contribution in [0.25, 0.3) is 0 Å². The fourth-order valence-corrected chi connectivity index (χ4v) is 2.56. The summed E-state index contributed by atoms with van der Waals surface area (Å²) in [6.07, 6.45) is 2.46. The highest BCUT2D eigenvalue weighted by Gasteiger charge is 2.17. The minimum absolute atomic E-state index is 0.0455. The Labute approximate surface area is 120 Å². The van der Waals surface area contributed by atoms with Gasteiger partial charge < -0.3 is 4.90 Å². The molecular formula is C14H20N2O3S. The van der Waals surface area contributed by atoms with E-state index < -0.39 is 10.0 Å². The number of carbonyl (C=O) groups is 1. The summed E-state index contributed by atoms with van der Waals surface area (Å²) >= 11 is 0. The molecule has 0 aliphatic rings. The molecule has 0 unspecified atom stereocenters. The maximum Gasteiger partial charge on any atom is 0.254 e. The fraction of sp³-hybridized carbons (Fsp3) is 0.357. The monoisotopic (exact) mass is 296 g/mol. The van der Waals surface area contributed by atoms with Gasteiger partial charge in [0.05, 0.1) is 4.90 Å². The molecule has 0 aliphatic carbocycles. The maximum absolute atomic E-state index is 12.4. The summed E-state index contributed by atoms with van der Waals surface area (Å²) < 4.78 is 22.8. The van der Waals surface area contributed by atoms with Crippen LogP contribution < -0.4 is 5.14 Å². The summed E-state index contributed by atoms with van der Waals surface area (Å²) in [5.41, 5.74) is 0.999. The maximum atomic E-state index is 12.4. The van der Waals surface area contributed by atoms with E-state index in [0.717, 1.165) is 6.42 Å². The topological polar surface area (TPSA) is 80.5 Å². The normalized spacial score (nSPS) is 11.2. The van der Waals surface area contributed by atoms with Gasteiger partial charge >= 0.3 is 0 Å². The van der Waals surface area contributed by atoms with Gasteiger partial charge in [0.25, 0.3) is 5.91 Å². The lowest BCUT2D eigenvalue weighted by Crippen LogP contribution is -2.32. The van der Waals surface area contributed by atoms with Gasteiger partial charge in [-0.15, -0.1) is 6.58 Å². The van der Waals surface area contributed by atoms with Gasteiger partial charge in [0.1, 0.15) is 0 Å². The van der Waals surface area contributed by atoms with E-state index >= 15 is 0 Å². The zero-order valence-corrected chi connectivity index (χ0v) is 12.6. The number of nitrogens with zero attached hydrogens (tertiary/aromatic N) is 1. The van der Waals surface area contributed by atoms with Crippen LogP contribution in [0, 0.1) is 6.92 Å². The minimum Gasteiger partial charge on any atom is -0.335 e. The van der Waals surface area contributed by atoms with Crippen LogP contribution in [-0.4, -0.2) is 32.3 Å². The molecule has 20 heavy (non-hydrogen) atoms. The van der Waals surface area contributed by atoms with Crippen LogP contribution in [0.3, 0.4) is 0 Å². The van der Waals surface area contributed by atoms with Crippen LogP contribution in [0.2, 0.25) is 0 Å². The second kappa shape index (κ2) is 6.67. The predicted molar refractivity (Wildman–Crippen MR) is 78.9 cm³/mol. The van der Waals surface area contributed by atoms with E-state index in [4.69, 9.17) is 5.14 Å². The van der Waals surface area contributed by atoms with E-state index in [-0.39, 0.29) is 10.8 Å². The minimum atomic E-state index is -3.82. The number of aryl methyl sites for hydroxylation is 1. The van der Waals surface area contributed by atoms with Crippen LogP contribution in [0.5, 0.6) is 0 Å². The molecule has 2 N–H and O–H groups in total. The molecule has 1 rings (SSSR count). The van der Waals surface area contributed by atoms with Crippen molar-refractivity contribution in [2.45, 2.75) is 25.2 Å². The molecule has 0 fully saturated rings. The van der Waals surface area contributed by atoms with Gasteiger partial charge in [0.15, 0.2) is 0 Å². The quantitative estimate of drug-likeness (QED) is 0.811. The van der Waals surface area contributed by atoms with Crippen LogP contribution in [0.4, 0.5) is 0 Å². The van der Waals surface area contributed by atoms with Crippen molar-refractivity contribution in [2.24, 2.45) is 5.14 Å². The molecule has 1 aromatic rings. The predicted octanol–water partition coefficient (Wildman–Crippen LogP) is 1.68. The largest absolute Gasteiger partial charge is 0.335 e. The summed E-state index contributed by atoms with van der Waals surface area (Å²) in [6.45, 7) is 8.33. The Kier molecular flexibility index (Phi) is 5.47. The Bertz CT molecular complexity index is 609. The first-order valence-corrected chi connectivity index (χ1v) is 7.89. The zero-order chi connectivity index (χ0) is 15.3. The van der Waals surface area contributed by atoms with E-state index in [0.29, 0.717) is 24.2 Å². The molecule has 0 spiro atoms. The number of hydrogen-bond donors (Lipinski definition) is 1. The van der Waals surface area contributed by atoms with Crippen LogP contribution >= 0.6 is 0 Å². The van der Waals surface area contributed by atoms with E-state index in [1.165, 1.54) is 12.1 Å². The molecule has 0 radical (unpaired) electrons. The Morgan fingerprint density at radius 3 is 2.55 bits per heavy atom. The molecule has 0 saturated heterocycles. The van der Waals surface area contributed by atoms with Crippen LogP contribution in [0.1, 0.15) is 29.3 Å². The van der Waals surface area contributed by atoms with Crippen molar-refractivity contribution in [3.05, 3.63) is 42.0 Å². The fourth-order valence-electron chi connectivity index (χ4n) is 1.92. The number of carbonyl (C=O) groups excluding carboxylic acids is 1. The molecule has 110 valence electrons. The Balaban J connectivity index is 3.21. The molecule has 6 heteroatoms. The van der Waals surface area contributed by atoms with Gasteiger partial charge in [-0.25, -0.2) is 13.6 Å². The van der Waals surface area contributed by atoms with E-state index in [9.17, 15) is 13.2 Å². The lowest BCUT2D eigenvalue weighted by Gasteiger charge is -2.21. The summed E-state index contributed by atoms with van der Waals surface area (Å²) in [5.74, 6) is -0.222. The number of amides is 1. The molecule has 0 atom stereocenters. The number of primary sulfonamides is 1. The number of hydrogen-bond acceptors (Lipinski definition) is 3. The van der Waals surface area contributed by atoms with Crippen molar-refractivity contribution >= 4 is 15.9 Å². The highest BCUT2D eigenvalue weighted by atomic mass is 32.2. The lowest BCUT2D eigenvalue weighted by atomic mass is 10.1. The van der Waals surface area contributed by atoms with Crippen LogP contribution in [0.15, 0.2) is 35.7 Å². The van der Waals surface area contributed by atoms with Gasteiger partial charge in [-0.2, -0.15) is 0 Å². The average Bonchev–Trinajstić information content (AvgIpc) is 2.36. The molecule has 5 nitrogen and oxygen atoms in total. The molecule has 0 aliphatic heterocycles. The molecule has 0 aromatic heterocycles. The van der Waals surface area contributed by atoms with Crippen molar-refractivity contribution in [1.82, 2.24) is 4.90 Å². The molecule has 0 bridgehead atoms. The van der Waals surface area contributed by atoms with Gasteiger partial charge in [0.2, 0.25) is 10.0 Å². The number of nitrogens with two attached hydrogens (primary N) is 1. The Hall–Kier alpha value is -1.66. The number of sulfonamides is 1. The third-order valence-corrected chi connectivity index (χ3v) is 3.65. The second-order valence-electron chi connectivity index (χ2n) is 4.62.